The summed E-state index contributed by atoms with van der Waals surface area (Å²) in [5.74, 6) is -1.59. The minimum atomic E-state index is -0.783. The molecule has 0 aliphatic carbocycles. The first kappa shape index (κ1) is 11.2. The van der Waals surface area contributed by atoms with E-state index in [4.69, 9.17) is 5.73 Å². The van der Waals surface area contributed by atoms with Crippen LogP contribution in [0.2, 0.25) is 0 Å². The second-order valence-corrected chi connectivity index (χ2v) is 2.70. The monoisotopic (exact) mass is 216 g/mol. The quantitative estimate of drug-likeness (QED) is 0.639. The molecular weight excluding hydrogens is 206 g/mol. The number of amides is 2. The fourth-order valence-corrected chi connectivity index (χ4v) is 0.911. The van der Waals surface area contributed by atoms with Crippen LogP contribution in [0.1, 0.15) is 0 Å². The molecule has 0 bridgehead atoms. The van der Waals surface area contributed by atoms with Crippen molar-refractivity contribution in [2.45, 2.75) is 0 Å². The van der Waals surface area contributed by atoms with Gasteiger partial charge in [-0.2, -0.15) is 0 Å². The fourth-order valence-electron chi connectivity index (χ4n) is 0.911. The predicted molar refractivity (Wildman–Crippen MR) is 50.2 cm³/mol. The van der Waals surface area contributed by atoms with Gasteiger partial charge in [-0.25, -0.2) is 18.6 Å². The molecule has 0 spiro atoms. The van der Waals surface area contributed by atoms with Crippen molar-refractivity contribution in [3.63, 3.8) is 0 Å². The lowest BCUT2D eigenvalue weighted by Gasteiger charge is -2.06. The van der Waals surface area contributed by atoms with E-state index in [1.54, 1.807) is 0 Å². The first-order chi connectivity index (χ1) is 7.09. The van der Waals surface area contributed by atoms with Crippen LogP contribution >= 0.6 is 0 Å². The second kappa shape index (κ2) is 5.08. The van der Waals surface area contributed by atoms with Crippen molar-refractivity contribution < 1.29 is 13.6 Å². The number of primary amides is 1. The Morgan fingerprint density at radius 2 is 2.20 bits per heavy atom. The molecule has 7 heteroatoms. The number of anilines is 1. The van der Waals surface area contributed by atoms with Crippen molar-refractivity contribution in [1.82, 2.24) is 10.3 Å². The number of carbonyl (C=O) groups is 1. The molecule has 0 saturated carbocycles. The zero-order chi connectivity index (χ0) is 11.3. The number of nitrogens with two attached hydrogens (primary N) is 1. The fraction of sp³-hybridized carbons (Fsp3) is 0.250. The Kier molecular flexibility index (Phi) is 3.78. The summed E-state index contributed by atoms with van der Waals surface area (Å²) >= 11 is 0. The number of nitrogens with one attached hydrogen (secondary N) is 2. The molecule has 0 aliphatic heterocycles. The lowest BCUT2D eigenvalue weighted by molar-refractivity contribution is 0.249. The molecule has 0 atom stereocenters. The molecule has 82 valence electrons. The van der Waals surface area contributed by atoms with Crippen molar-refractivity contribution in [3.8, 4) is 0 Å². The molecule has 15 heavy (non-hydrogen) atoms. The molecule has 0 unspecified atom stereocenters. The third kappa shape index (κ3) is 3.75. The van der Waals surface area contributed by atoms with Gasteiger partial charge in [0, 0.05) is 19.2 Å². The van der Waals surface area contributed by atoms with Gasteiger partial charge in [-0.15, -0.1) is 0 Å². The average molecular weight is 216 g/mol. The smallest absolute Gasteiger partial charge is 0.312 e. The maximum absolute atomic E-state index is 13.0. The molecule has 0 radical (unpaired) electrons. The zero-order valence-corrected chi connectivity index (χ0v) is 7.76. The summed E-state index contributed by atoms with van der Waals surface area (Å²) in [6.07, 6.45) is 0.896. The molecule has 0 aromatic carbocycles. The average Bonchev–Trinajstić information content (AvgIpc) is 2.14. The van der Waals surface area contributed by atoms with Crippen LogP contribution in [-0.4, -0.2) is 24.1 Å². The van der Waals surface area contributed by atoms with Crippen molar-refractivity contribution in [2.75, 3.05) is 18.4 Å². The number of hydrogen-bond donors (Lipinski definition) is 3. The van der Waals surface area contributed by atoms with Gasteiger partial charge >= 0.3 is 6.03 Å². The molecular formula is C8H10F2N4O. The Morgan fingerprint density at radius 1 is 1.47 bits per heavy atom. The van der Waals surface area contributed by atoms with Gasteiger partial charge in [0.15, 0.2) is 11.6 Å². The van der Waals surface area contributed by atoms with Gasteiger partial charge in [0.2, 0.25) is 0 Å². The van der Waals surface area contributed by atoms with Crippen LogP contribution in [0.15, 0.2) is 12.3 Å². The molecule has 1 rings (SSSR count). The molecule has 1 aromatic heterocycles. The van der Waals surface area contributed by atoms with Gasteiger partial charge < -0.3 is 16.4 Å². The highest BCUT2D eigenvalue weighted by molar-refractivity contribution is 5.71. The van der Waals surface area contributed by atoms with E-state index in [9.17, 15) is 13.6 Å². The molecule has 2 amide bonds. The summed E-state index contributed by atoms with van der Waals surface area (Å²) in [6.45, 7) is 0.478. The molecule has 5 nitrogen and oxygen atoms in total. The van der Waals surface area contributed by atoms with Crippen LogP contribution in [0.5, 0.6) is 0 Å². The number of hydrogen-bond acceptors (Lipinski definition) is 3. The zero-order valence-electron chi connectivity index (χ0n) is 7.76. The largest absolute Gasteiger partial charge is 0.366 e. The minimum Gasteiger partial charge on any atom is -0.366 e. The third-order valence-electron chi connectivity index (χ3n) is 1.52. The Hall–Kier alpha value is -1.92. The third-order valence-corrected chi connectivity index (χ3v) is 1.52. The van der Waals surface area contributed by atoms with E-state index in [1.165, 1.54) is 0 Å². The van der Waals surface area contributed by atoms with Crippen molar-refractivity contribution >= 4 is 11.8 Å². The van der Waals surface area contributed by atoms with E-state index >= 15 is 0 Å². The first-order valence-corrected chi connectivity index (χ1v) is 4.18. The molecule has 0 aliphatic rings. The van der Waals surface area contributed by atoms with Crippen molar-refractivity contribution in [3.05, 3.63) is 23.9 Å². The summed E-state index contributed by atoms with van der Waals surface area (Å²) in [4.78, 5) is 13.8. The number of rotatable bonds is 4. The molecule has 0 saturated heterocycles. The van der Waals surface area contributed by atoms with E-state index in [1.807, 2.05) is 0 Å². The van der Waals surface area contributed by atoms with Crippen LogP contribution in [0, 0.1) is 11.6 Å². The van der Waals surface area contributed by atoms with Crippen molar-refractivity contribution in [2.24, 2.45) is 5.73 Å². The van der Waals surface area contributed by atoms with Crippen LogP contribution in [0.3, 0.4) is 0 Å². The summed E-state index contributed by atoms with van der Waals surface area (Å²) in [5.41, 5.74) is 4.80. The lowest BCUT2D eigenvalue weighted by atomic mass is 10.4. The predicted octanol–water partition coefficient (Wildman–Crippen LogP) is 0.440. The number of urea groups is 1. The highest BCUT2D eigenvalue weighted by atomic mass is 19.1. The molecule has 4 N–H and O–H groups in total. The van der Waals surface area contributed by atoms with Gasteiger partial charge in [-0.1, -0.05) is 0 Å². The number of nitrogens with zero attached hydrogens (tertiary/aromatic N) is 1. The number of halogens is 2. The van der Waals surface area contributed by atoms with Crippen molar-refractivity contribution in [1.29, 1.82) is 0 Å². The van der Waals surface area contributed by atoms with Gasteiger partial charge in [0.25, 0.3) is 0 Å². The Morgan fingerprint density at radius 3 is 2.80 bits per heavy atom. The normalized spacial score (nSPS) is 9.73. The summed E-state index contributed by atoms with van der Waals surface area (Å²) in [6, 6.07) is 0.0564. The second-order valence-electron chi connectivity index (χ2n) is 2.70. The van der Waals surface area contributed by atoms with Crippen LogP contribution < -0.4 is 16.4 Å². The van der Waals surface area contributed by atoms with E-state index in [-0.39, 0.29) is 18.9 Å². The first-order valence-electron chi connectivity index (χ1n) is 4.18. The number of pyridine rings is 1. The topological polar surface area (TPSA) is 80.0 Å². The Balaban J connectivity index is 2.40. The van der Waals surface area contributed by atoms with Gasteiger partial charge in [0.05, 0.1) is 6.20 Å². The summed E-state index contributed by atoms with van der Waals surface area (Å²) < 4.78 is 25.4. The summed E-state index contributed by atoms with van der Waals surface area (Å²) in [5, 5.41) is 4.87. The minimum absolute atomic E-state index is 0.0670. The molecule has 1 heterocycles. The highest BCUT2D eigenvalue weighted by Gasteiger charge is 2.03. The number of carbonyl (C=O) groups excluding carboxylic acids is 1. The molecule has 0 fully saturated rings. The molecule has 1 aromatic rings. The van der Waals surface area contributed by atoms with E-state index < -0.39 is 17.7 Å². The number of aromatic nitrogens is 1. The lowest BCUT2D eigenvalue weighted by Crippen LogP contribution is -2.33. The van der Waals surface area contributed by atoms with E-state index in [0.717, 1.165) is 12.3 Å². The SMILES string of the molecule is NC(=O)NCCNc1ncc(F)cc1F. The Bertz CT molecular complexity index is 358. The summed E-state index contributed by atoms with van der Waals surface area (Å²) in [7, 11) is 0. The van der Waals surface area contributed by atoms with Gasteiger partial charge in [0.1, 0.15) is 5.82 Å². The van der Waals surface area contributed by atoms with Gasteiger partial charge in [-0.05, 0) is 0 Å². The Labute approximate surface area is 84.7 Å². The van der Waals surface area contributed by atoms with Crippen LogP contribution in [-0.2, 0) is 0 Å². The van der Waals surface area contributed by atoms with Crippen LogP contribution in [0.4, 0.5) is 19.4 Å². The highest BCUT2D eigenvalue weighted by Crippen LogP contribution is 2.10. The van der Waals surface area contributed by atoms with Crippen LogP contribution in [0.25, 0.3) is 0 Å². The maximum atomic E-state index is 13.0. The van der Waals surface area contributed by atoms with Gasteiger partial charge in [-0.3, -0.25) is 0 Å². The standard InChI is InChI=1S/C8H10F2N4O/c9-5-3-6(10)7(14-4-5)12-1-2-13-8(11)15/h3-4H,1-2H2,(H,12,14)(H3,11,13,15). The van der Waals surface area contributed by atoms with E-state index in [0.29, 0.717) is 0 Å². The maximum Gasteiger partial charge on any atom is 0.312 e. The van der Waals surface area contributed by atoms with E-state index in [2.05, 4.69) is 15.6 Å².